The van der Waals surface area contributed by atoms with Crippen LogP contribution < -0.4 is 0 Å². The van der Waals surface area contributed by atoms with E-state index in [9.17, 15) is 4.79 Å². The van der Waals surface area contributed by atoms with Gasteiger partial charge in [0, 0.05) is 0 Å². The second-order valence-corrected chi connectivity index (χ2v) is 4.68. The third-order valence-electron chi connectivity index (χ3n) is 2.98. The molecule has 1 aromatic rings. The Morgan fingerprint density at radius 2 is 1.58 bits per heavy atom. The Labute approximate surface area is 115 Å². The maximum atomic E-state index is 11.5. The third-order valence-corrected chi connectivity index (χ3v) is 2.98. The number of rotatable bonds is 10. The van der Waals surface area contributed by atoms with E-state index < -0.39 is 5.97 Å². The summed E-state index contributed by atoms with van der Waals surface area (Å²) in [5.74, 6) is -0.427. The van der Waals surface area contributed by atoms with Crippen LogP contribution >= 0.6 is 0 Å². The summed E-state index contributed by atoms with van der Waals surface area (Å²) in [6.07, 6.45) is 8.51. The minimum Gasteiger partial charge on any atom is -0.293 e. The molecular weight excluding hydrogens is 240 g/mol. The lowest BCUT2D eigenvalue weighted by Gasteiger charge is -2.04. The van der Waals surface area contributed by atoms with E-state index in [1.165, 1.54) is 32.1 Å². The molecule has 0 amide bonds. The Balaban J connectivity index is 1.95. The summed E-state index contributed by atoms with van der Waals surface area (Å²) in [5, 5.41) is 0. The first-order chi connectivity index (χ1) is 9.34. The predicted molar refractivity (Wildman–Crippen MR) is 75.8 cm³/mol. The standard InChI is InChI=1S/C16H24O3/c1-2-3-4-5-6-7-11-14-18-19-16(17)15-12-9-8-10-13-15/h8-10,12-13H,2-7,11,14H2,1H3. The molecule has 0 atom stereocenters. The average molecular weight is 264 g/mol. The quantitative estimate of drug-likeness (QED) is 0.354. The van der Waals surface area contributed by atoms with Crippen molar-refractivity contribution in [1.82, 2.24) is 0 Å². The number of hydrogen-bond donors (Lipinski definition) is 0. The third kappa shape index (κ3) is 7.62. The molecular formula is C16H24O3. The van der Waals surface area contributed by atoms with Crippen molar-refractivity contribution >= 4 is 5.97 Å². The molecule has 3 heteroatoms. The van der Waals surface area contributed by atoms with E-state index in [1.807, 2.05) is 6.07 Å². The molecule has 0 aromatic heterocycles. The Hall–Kier alpha value is -1.35. The first-order valence-electron chi connectivity index (χ1n) is 7.23. The van der Waals surface area contributed by atoms with E-state index in [0.29, 0.717) is 12.2 Å². The molecule has 0 N–H and O–H groups in total. The number of carbonyl (C=O) groups excluding carboxylic acids is 1. The summed E-state index contributed by atoms with van der Waals surface area (Å²) in [5.41, 5.74) is 0.516. The molecule has 0 aliphatic rings. The monoisotopic (exact) mass is 264 g/mol. The van der Waals surface area contributed by atoms with Gasteiger partial charge in [-0.1, -0.05) is 63.6 Å². The first kappa shape index (κ1) is 15.7. The van der Waals surface area contributed by atoms with Crippen molar-refractivity contribution in [2.75, 3.05) is 6.61 Å². The van der Waals surface area contributed by atoms with Gasteiger partial charge in [-0.05, 0) is 18.6 Å². The Kier molecular flexibility index (Phi) is 8.73. The number of unbranched alkanes of at least 4 members (excludes halogenated alkanes) is 6. The van der Waals surface area contributed by atoms with Crippen molar-refractivity contribution in [2.24, 2.45) is 0 Å². The fourth-order valence-electron chi connectivity index (χ4n) is 1.84. The molecule has 0 aliphatic carbocycles. The van der Waals surface area contributed by atoms with Gasteiger partial charge in [-0.15, -0.1) is 0 Å². The molecule has 1 aromatic carbocycles. The molecule has 1 rings (SSSR count). The lowest BCUT2D eigenvalue weighted by Crippen LogP contribution is -2.06. The van der Waals surface area contributed by atoms with Gasteiger partial charge in [0.2, 0.25) is 0 Å². The molecule has 0 unspecified atom stereocenters. The zero-order chi connectivity index (χ0) is 13.8. The van der Waals surface area contributed by atoms with Crippen molar-refractivity contribution in [3.8, 4) is 0 Å². The highest BCUT2D eigenvalue weighted by atomic mass is 17.2. The SMILES string of the molecule is CCCCCCCCCOOC(=O)c1ccccc1. The topological polar surface area (TPSA) is 35.5 Å². The van der Waals surface area contributed by atoms with Gasteiger partial charge in [-0.3, -0.25) is 4.89 Å². The van der Waals surface area contributed by atoms with E-state index >= 15 is 0 Å². The van der Waals surface area contributed by atoms with E-state index in [4.69, 9.17) is 9.78 Å². The van der Waals surface area contributed by atoms with Crippen LogP contribution in [0, 0.1) is 0 Å². The van der Waals surface area contributed by atoms with E-state index in [-0.39, 0.29) is 0 Å². The van der Waals surface area contributed by atoms with Gasteiger partial charge in [-0.2, -0.15) is 4.89 Å². The van der Waals surface area contributed by atoms with Gasteiger partial charge in [0.25, 0.3) is 0 Å². The predicted octanol–water partition coefficient (Wildman–Crippen LogP) is 4.53. The Morgan fingerprint density at radius 1 is 0.947 bits per heavy atom. The van der Waals surface area contributed by atoms with Crippen LogP contribution in [0.25, 0.3) is 0 Å². The maximum absolute atomic E-state index is 11.5. The molecule has 3 nitrogen and oxygen atoms in total. The highest BCUT2D eigenvalue weighted by Gasteiger charge is 2.06. The molecule has 0 saturated heterocycles. The van der Waals surface area contributed by atoms with Crippen LogP contribution in [0.3, 0.4) is 0 Å². The smallest absolute Gasteiger partial charge is 0.293 e. The number of hydrogen-bond acceptors (Lipinski definition) is 3. The van der Waals surface area contributed by atoms with Crippen molar-refractivity contribution < 1.29 is 14.6 Å². The zero-order valence-electron chi connectivity index (χ0n) is 11.8. The van der Waals surface area contributed by atoms with Crippen LogP contribution in [0.2, 0.25) is 0 Å². The molecule has 0 saturated carbocycles. The molecule has 106 valence electrons. The van der Waals surface area contributed by atoms with Gasteiger partial charge in [0.1, 0.15) is 0 Å². The fourth-order valence-corrected chi connectivity index (χ4v) is 1.84. The Bertz CT molecular complexity index is 335. The van der Waals surface area contributed by atoms with Crippen LogP contribution in [-0.4, -0.2) is 12.6 Å². The minimum atomic E-state index is -0.427. The summed E-state index contributed by atoms with van der Waals surface area (Å²) in [6.45, 7) is 2.70. The van der Waals surface area contributed by atoms with Crippen molar-refractivity contribution in [2.45, 2.75) is 51.9 Å². The van der Waals surface area contributed by atoms with Crippen LogP contribution in [0.1, 0.15) is 62.2 Å². The highest BCUT2D eigenvalue weighted by Crippen LogP contribution is 2.07. The maximum Gasteiger partial charge on any atom is 0.373 e. The molecule has 0 radical (unpaired) electrons. The summed E-state index contributed by atoms with van der Waals surface area (Å²) in [6, 6.07) is 8.87. The number of carbonyl (C=O) groups is 1. The largest absolute Gasteiger partial charge is 0.373 e. The van der Waals surface area contributed by atoms with Crippen LogP contribution in [-0.2, 0) is 9.78 Å². The van der Waals surface area contributed by atoms with Crippen molar-refractivity contribution in [3.63, 3.8) is 0 Å². The molecule has 0 spiro atoms. The molecule has 19 heavy (non-hydrogen) atoms. The lowest BCUT2D eigenvalue weighted by atomic mass is 10.1. The van der Waals surface area contributed by atoms with Crippen LogP contribution in [0.15, 0.2) is 30.3 Å². The summed E-state index contributed by atoms with van der Waals surface area (Å²) in [4.78, 5) is 21.2. The fraction of sp³-hybridized carbons (Fsp3) is 0.562. The summed E-state index contributed by atoms with van der Waals surface area (Å²) >= 11 is 0. The lowest BCUT2D eigenvalue weighted by molar-refractivity contribution is -0.241. The second kappa shape index (κ2) is 10.6. The first-order valence-corrected chi connectivity index (χ1v) is 7.23. The second-order valence-electron chi connectivity index (χ2n) is 4.68. The van der Waals surface area contributed by atoms with Crippen LogP contribution in [0.4, 0.5) is 0 Å². The number of benzene rings is 1. The summed E-state index contributed by atoms with van der Waals surface area (Å²) < 4.78 is 0. The average Bonchev–Trinajstić information content (AvgIpc) is 2.46. The molecule has 0 fully saturated rings. The van der Waals surface area contributed by atoms with E-state index in [1.54, 1.807) is 24.3 Å². The van der Waals surface area contributed by atoms with Crippen molar-refractivity contribution in [3.05, 3.63) is 35.9 Å². The molecule has 0 heterocycles. The molecule has 0 bridgehead atoms. The molecule has 0 aliphatic heterocycles. The van der Waals surface area contributed by atoms with Crippen LogP contribution in [0.5, 0.6) is 0 Å². The van der Waals surface area contributed by atoms with E-state index in [0.717, 1.165) is 12.8 Å². The zero-order valence-corrected chi connectivity index (χ0v) is 11.8. The van der Waals surface area contributed by atoms with Crippen molar-refractivity contribution in [1.29, 1.82) is 0 Å². The normalized spacial score (nSPS) is 10.4. The van der Waals surface area contributed by atoms with Gasteiger partial charge in [-0.25, -0.2) is 4.79 Å². The van der Waals surface area contributed by atoms with Gasteiger partial charge in [0.05, 0.1) is 12.2 Å². The minimum absolute atomic E-state index is 0.427. The highest BCUT2D eigenvalue weighted by molar-refractivity contribution is 5.88. The van der Waals surface area contributed by atoms with E-state index in [2.05, 4.69) is 6.92 Å². The van der Waals surface area contributed by atoms with Gasteiger partial charge >= 0.3 is 5.97 Å². The van der Waals surface area contributed by atoms with Gasteiger partial charge in [0.15, 0.2) is 0 Å². The summed E-state index contributed by atoms with van der Waals surface area (Å²) in [7, 11) is 0. The van der Waals surface area contributed by atoms with Gasteiger partial charge < -0.3 is 0 Å². The Morgan fingerprint density at radius 3 is 2.26 bits per heavy atom.